The van der Waals surface area contributed by atoms with Crippen LogP contribution in [0.2, 0.25) is 10.3 Å². The van der Waals surface area contributed by atoms with Crippen LogP contribution in [0.1, 0.15) is 11.1 Å². The predicted molar refractivity (Wildman–Crippen MR) is 116 cm³/mol. The van der Waals surface area contributed by atoms with E-state index in [2.05, 4.69) is 38.5 Å². The molecule has 0 atom stereocenters. The summed E-state index contributed by atoms with van der Waals surface area (Å²) in [6.45, 7) is 4.09. The number of nitrogens with one attached hydrogen (secondary N) is 1. The van der Waals surface area contributed by atoms with E-state index < -0.39 is 0 Å². The fourth-order valence-electron chi connectivity index (χ4n) is 3.03. The van der Waals surface area contributed by atoms with Crippen LogP contribution < -0.4 is 11.1 Å². The van der Waals surface area contributed by atoms with E-state index in [-0.39, 0.29) is 11.1 Å². The maximum Gasteiger partial charge on any atom is 0.222 e. The molecule has 4 aromatic rings. The van der Waals surface area contributed by atoms with Gasteiger partial charge in [0, 0.05) is 29.0 Å². The second kappa shape index (κ2) is 7.26. The maximum absolute atomic E-state index is 6.54. The van der Waals surface area contributed by atoms with E-state index in [4.69, 9.17) is 28.9 Å². The molecule has 28 heavy (non-hydrogen) atoms. The lowest BCUT2D eigenvalue weighted by molar-refractivity contribution is 1.17. The van der Waals surface area contributed by atoms with Gasteiger partial charge in [0.1, 0.15) is 10.8 Å². The number of nitrogens with zero attached hydrogens (tertiary/aromatic N) is 3. The van der Waals surface area contributed by atoms with Gasteiger partial charge >= 0.3 is 0 Å². The van der Waals surface area contributed by atoms with E-state index >= 15 is 0 Å². The van der Waals surface area contributed by atoms with Gasteiger partial charge in [0.25, 0.3) is 0 Å². The zero-order valence-corrected chi connectivity index (χ0v) is 16.8. The molecule has 2 aromatic heterocycles. The Morgan fingerprint density at radius 1 is 0.929 bits per heavy atom. The highest BCUT2D eigenvalue weighted by Gasteiger charge is 2.14. The van der Waals surface area contributed by atoms with Crippen molar-refractivity contribution in [3.8, 4) is 11.1 Å². The van der Waals surface area contributed by atoms with Crippen LogP contribution in [0.3, 0.4) is 0 Å². The normalized spacial score (nSPS) is 11.0. The van der Waals surface area contributed by atoms with E-state index in [0.29, 0.717) is 5.02 Å². The van der Waals surface area contributed by atoms with Crippen molar-refractivity contribution in [1.29, 1.82) is 0 Å². The highest BCUT2D eigenvalue weighted by molar-refractivity contribution is 6.37. The topological polar surface area (TPSA) is 76.7 Å². The fraction of sp³-hybridized carbons (Fsp3) is 0.0952. The van der Waals surface area contributed by atoms with E-state index in [1.807, 2.05) is 32.0 Å². The van der Waals surface area contributed by atoms with Crippen LogP contribution in [-0.4, -0.2) is 15.0 Å². The number of pyridine rings is 1. The van der Waals surface area contributed by atoms with E-state index in [1.54, 1.807) is 12.4 Å². The number of fused-ring (bicyclic) bond motifs is 1. The molecular weight excluding hydrogens is 393 g/mol. The largest absolute Gasteiger partial charge is 0.382 e. The van der Waals surface area contributed by atoms with E-state index in [0.717, 1.165) is 44.5 Å². The van der Waals surface area contributed by atoms with Crippen molar-refractivity contribution in [2.75, 3.05) is 11.1 Å². The third-order valence-electron chi connectivity index (χ3n) is 4.56. The first-order chi connectivity index (χ1) is 13.4. The number of benzene rings is 2. The van der Waals surface area contributed by atoms with Crippen LogP contribution in [-0.2, 0) is 0 Å². The molecule has 0 aliphatic heterocycles. The molecule has 0 radical (unpaired) electrons. The van der Waals surface area contributed by atoms with Crippen molar-refractivity contribution in [3.63, 3.8) is 0 Å². The van der Waals surface area contributed by atoms with Gasteiger partial charge in [-0.15, -0.1) is 0 Å². The molecular formula is C21H17Cl2N5. The zero-order chi connectivity index (χ0) is 19.8. The lowest BCUT2D eigenvalue weighted by Gasteiger charge is -2.16. The lowest BCUT2D eigenvalue weighted by Crippen LogP contribution is -2.01. The minimum atomic E-state index is 0.208. The summed E-state index contributed by atoms with van der Waals surface area (Å²) in [5.41, 5.74) is 12.5. The molecule has 0 amide bonds. The first-order valence-corrected chi connectivity index (χ1v) is 9.39. The number of hydrogen-bond acceptors (Lipinski definition) is 5. The molecule has 0 spiro atoms. The van der Waals surface area contributed by atoms with Gasteiger partial charge in [0.05, 0.1) is 11.2 Å². The van der Waals surface area contributed by atoms with Gasteiger partial charge in [-0.05, 0) is 60.3 Å². The fourth-order valence-corrected chi connectivity index (χ4v) is 3.32. The quantitative estimate of drug-likeness (QED) is 0.409. The monoisotopic (exact) mass is 409 g/mol. The highest BCUT2D eigenvalue weighted by atomic mass is 35.5. The molecule has 7 heteroatoms. The van der Waals surface area contributed by atoms with Gasteiger partial charge in [0.2, 0.25) is 5.28 Å². The predicted octanol–water partition coefficient (Wildman–Crippen LogP) is 5.94. The Morgan fingerprint density at radius 3 is 2.43 bits per heavy atom. The van der Waals surface area contributed by atoms with Gasteiger partial charge in [-0.2, -0.15) is 0 Å². The number of nitrogen functional groups attached to an aromatic ring is 1. The average Bonchev–Trinajstić information content (AvgIpc) is 2.68. The molecule has 2 aromatic carbocycles. The minimum Gasteiger partial charge on any atom is -0.382 e. The number of anilines is 3. The molecule has 4 rings (SSSR count). The zero-order valence-electron chi connectivity index (χ0n) is 15.3. The molecule has 2 heterocycles. The third kappa shape index (κ3) is 3.46. The number of halogens is 2. The standard InChI is InChI=1S/C21H17Cl2N5/c1-11-3-4-12(2)17(7-11)27-19-15-8-13(14-9-25-21(23)26-10-14)5-6-16(15)28-20(24)18(19)22/h3-10H,1-2H3,(H3,24,27,28). The summed E-state index contributed by atoms with van der Waals surface area (Å²) in [7, 11) is 0. The Bertz CT molecular complexity index is 1190. The molecule has 5 nitrogen and oxygen atoms in total. The number of hydrogen-bond donors (Lipinski definition) is 2. The first kappa shape index (κ1) is 18.5. The second-order valence-electron chi connectivity index (χ2n) is 6.60. The van der Waals surface area contributed by atoms with Gasteiger partial charge < -0.3 is 11.1 Å². The number of aryl methyl sites for hydroxylation is 2. The average molecular weight is 410 g/mol. The Kier molecular flexibility index (Phi) is 4.79. The van der Waals surface area contributed by atoms with Crippen molar-refractivity contribution >= 4 is 51.3 Å². The maximum atomic E-state index is 6.54. The molecule has 0 unspecified atom stereocenters. The summed E-state index contributed by atoms with van der Waals surface area (Å²) in [6.07, 6.45) is 3.36. The van der Waals surface area contributed by atoms with Crippen molar-refractivity contribution < 1.29 is 0 Å². The van der Waals surface area contributed by atoms with E-state index in [9.17, 15) is 0 Å². The van der Waals surface area contributed by atoms with Crippen LogP contribution in [0.15, 0.2) is 48.8 Å². The van der Waals surface area contributed by atoms with E-state index in [1.165, 1.54) is 0 Å². The van der Waals surface area contributed by atoms with Crippen LogP contribution in [0.5, 0.6) is 0 Å². The molecule has 0 saturated heterocycles. The second-order valence-corrected chi connectivity index (χ2v) is 7.32. The smallest absolute Gasteiger partial charge is 0.222 e. The van der Waals surface area contributed by atoms with Crippen molar-refractivity contribution in [1.82, 2.24) is 15.0 Å². The van der Waals surface area contributed by atoms with Crippen LogP contribution >= 0.6 is 23.2 Å². The Labute approximate surface area is 172 Å². The summed E-state index contributed by atoms with van der Waals surface area (Å²) in [4.78, 5) is 12.5. The van der Waals surface area contributed by atoms with Crippen molar-refractivity contribution in [3.05, 3.63) is 70.2 Å². The SMILES string of the molecule is Cc1ccc(C)c(Nc2c(Cl)c(N)nc3ccc(-c4cnc(Cl)nc4)cc23)c1. The van der Waals surface area contributed by atoms with Crippen LogP contribution in [0.4, 0.5) is 17.2 Å². The molecule has 0 fully saturated rings. The summed E-state index contributed by atoms with van der Waals surface area (Å²) < 4.78 is 0. The third-order valence-corrected chi connectivity index (χ3v) is 5.14. The van der Waals surface area contributed by atoms with Crippen molar-refractivity contribution in [2.45, 2.75) is 13.8 Å². The van der Waals surface area contributed by atoms with Gasteiger partial charge in [-0.1, -0.05) is 29.8 Å². The van der Waals surface area contributed by atoms with Gasteiger partial charge in [-0.3, -0.25) is 0 Å². The molecule has 0 aliphatic carbocycles. The molecule has 0 saturated carbocycles. The number of nitrogens with two attached hydrogens (primary N) is 1. The lowest BCUT2D eigenvalue weighted by atomic mass is 10.0. The van der Waals surface area contributed by atoms with Gasteiger partial charge in [-0.25, -0.2) is 15.0 Å². The first-order valence-electron chi connectivity index (χ1n) is 8.63. The molecule has 0 bridgehead atoms. The summed E-state index contributed by atoms with van der Waals surface area (Å²) >= 11 is 12.3. The summed E-state index contributed by atoms with van der Waals surface area (Å²) in [5, 5.41) is 4.90. The summed E-state index contributed by atoms with van der Waals surface area (Å²) in [6, 6.07) is 12.0. The minimum absolute atomic E-state index is 0.208. The Morgan fingerprint density at radius 2 is 1.68 bits per heavy atom. The van der Waals surface area contributed by atoms with Crippen molar-refractivity contribution in [2.24, 2.45) is 0 Å². The summed E-state index contributed by atoms with van der Waals surface area (Å²) in [5.74, 6) is 0.282. The number of aromatic nitrogens is 3. The molecule has 0 aliphatic rings. The van der Waals surface area contributed by atoms with Crippen LogP contribution in [0.25, 0.3) is 22.0 Å². The molecule has 3 N–H and O–H groups in total. The Balaban J connectivity index is 1.90. The number of rotatable bonds is 3. The van der Waals surface area contributed by atoms with Crippen LogP contribution in [0, 0.1) is 13.8 Å². The highest BCUT2D eigenvalue weighted by Crippen LogP contribution is 2.38. The molecule has 140 valence electrons. The van der Waals surface area contributed by atoms with Gasteiger partial charge in [0.15, 0.2) is 0 Å². The Hall–Kier alpha value is -2.89.